The molecule has 0 spiro atoms. The molecule has 2 heteroatoms. The topological polar surface area (TPSA) is 17.8 Å². The Morgan fingerprint density at radius 3 is 2.45 bits per heavy atom. The monoisotopic (exact) mass is 270 g/mol. The van der Waals surface area contributed by atoms with Crippen LogP contribution < -0.4 is 0 Å². The number of hydrogen-bond donors (Lipinski definition) is 0. The number of imidazole rings is 1. The van der Waals surface area contributed by atoms with Gasteiger partial charge in [0.15, 0.2) is 0 Å². The molecule has 0 fully saturated rings. The molecule has 0 saturated carbocycles. The molecule has 20 heavy (non-hydrogen) atoms. The molecule has 2 nitrogen and oxygen atoms in total. The Kier molecular flexibility index (Phi) is 5.40. The molecule has 1 aromatic heterocycles. The highest BCUT2D eigenvalue weighted by atomic mass is 15.1. The van der Waals surface area contributed by atoms with Crippen LogP contribution in [0.25, 0.3) is 0 Å². The molecular weight excluding hydrogens is 244 g/mol. The van der Waals surface area contributed by atoms with Gasteiger partial charge >= 0.3 is 0 Å². The fourth-order valence-electron chi connectivity index (χ4n) is 2.58. The molecule has 0 aliphatic carbocycles. The summed E-state index contributed by atoms with van der Waals surface area (Å²) in [7, 11) is 0. The number of aryl methyl sites for hydroxylation is 3. The Labute approximate surface area is 122 Å². The summed E-state index contributed by atoms with van der Waals surface area (Å²) in [5.74, 6) is 1.25. The van der Waals surface area contributed by atoms with Gasteiger partial charge in [0.25, 0.3) is 0 Å². The normalized spacial score (nSPS) is 11.2. The van der Waals surface area contributed by atoms with E-state index >= 15 is 0 Å². The highest BCUT2D eigenvalue weighted by Crippen LogP contribution is 2.15. The van der Waals surface area contributed by atoms with Crippen LogP contribution in [0.15, 0.2) is 36.5 Å². The Bertz CT molecular complexity index is 511. The van der Waals surface area contributed by atoms with Crippen molar-refractivity contribution in [3.05, 3.63) is 53.6 Å². The quantitative estimate of drug-likeness (QED) is 0.719. The van der Waals surface area contributed by atoms with Gasteiger partial charge in [-0.15, -0.1) is 0 Å². The highest BCUT2D eigenvalue weighted by molar-refractivity contribution is 5.15. The summed E-state index contributed by atoms with van der Waals surface area (Å²) in [5.41, 5.74) is 2.67. The lowest BCUT2D eigenvalue weighted by atomic mass is 10.1. The minimum atomic E-state index is 0.506. The molecule has 0 atom stereocenters. The van der Waals surface area contributed by atoms with Crippen molar-refractivity contribution in [1.82, 2.24) is 9.55 Å². The molecule has 0 amide bonds. The van der Waals surface area contributed by atoms with Gasteiger partial charge in [-0.05, 0) is 45.1 Å². The third-order valence-corrected chi connectivity index (χ3v) is 3.63. The van der Waals surface area contributed by atoms with Crippen LogP contribution in [0.1, 0.15) is 56.7 Å². The first-order chi connectivity index (χ1) is 9.70. The van der Waals surface area contributed by atoms with Crippen molar-refractivity contribution < 1.29 is 0 Å². The van der Waals surface area contributed by atoms with Crippen LogP contribution in [-0.2, 0) is 19.3 Å². The predicted molar refractivity (Wildman–Crippen MR) is 85.1 cm³/mol. The van der Waals surface area contributed by atoms with Gasteiger partial charge in [-0.2, -0.15) is 0 Å². The molecule has 0 saturated heterocycles. The van der Waals surface area contributed by atoms with E-state index in [9.17, 15) is 0 Å². The number of aromatic nitrogens is 2. The predicted octanol–water partition coefficient (Wildman–Crippen LogP) is 4.59. The molecule has 0 N–H and O–H groups in total. The third kappa shape index (κ3) is 3.96. The number of nitrogens with zero attached hydrogens (tertiary/aromatic N) is 2. The average molecular weight is 270 g/mol. The lowest BCUT2D eigenvalue weighted by Crippen LogP contribution is -2.04. The second-order valence-corrected chi connectivity index (χ2v) is 5.74. The van der Waals surface area contributed by atoms with E-state index < -0.39 is 0 Å². The number of benzene rings is 1. The Morgan fingerprint density at radius 1 is 1.05 bits per heavy atom. The fourth-order valence-corrected chi connectivity index (χ4v) is 2.58. The third-order valence-electron chi connectivity index (χ3n) is 3.63. The molecule has 0 radical (unpaired) electrons. The Hall–Kier alpha value is -1.57. The van der Waals surface area contributed by atoms with Gasteiger partial charge in [-0.25, -0.2) is 4.98 Å². The smallest absolute Gasteiger partial charge is 0.109 e. The fraction of sp³-hybridized carbons (Fsp3) is 0.500. The van der Waals surface area contributed by atoms with Gasteiger partial charge < -0.3 is 4.57 Å². The first-order valence-electron chi connectivity index (χ1n) is 7.81. The van der Waals surface area contributed by atoms with Gasteiger partial charge in [0, 0.05) is 18.7 Å². The van der Waals surface area contributed by atoms with Crippen molar-refractivity contribution in [2.45, 2.75) is 58.9 Å². The summed E-state index contributed by atoms with van der Waals surface area (Å²) in [6, 6.07) is 11.2. The van der Waals surface area contributed by atoms with Crippen LogP contribution in [-0.4, -0.2) is 9.55 Å². The maximum absolute atomic E-state index is 4.82. The van der Waals surface area contributed by atoms with Crippen molar-refractivity contribution in [2.75, 3.05) is 0 Å². The van der Waals surface area contributed by atoms with Gasteiger partial charge in [-0.1, -0.05) is 37.3 Å². The summed E-state index contributed by atoms with van der Waals surface area (Å²) < 4.78 is 2.33. The van der Waals surface area contributed by atoms with E-state index in [-0.39, 0.29) is 0 Å². The van der Waals surface area contributed by atoms with Crippen molar-refractivity contribution in [3.8, 4) is 0 Å². The van der Waals surface area contributed by atoms with Crippen LogP contribution in [0.4, 0.5) is 0 Å². The largest absolute Gasteiger partial charge is 0.332 e. The standard InChI is InChI=1S/C18H26N2/c1-4-9-18-19-17(14-20(18)15(2)3)13-8-12-16-10-6-5-7-11-16/h5-7,10-11,14-15H,4,8-9,12-13H2,1-3H3. The molecule has 0 aliphatic heterocycles. The molecule has 0 unspecified atom stereocenters. The van der Waals surface area contributed by atoms with Crippen LogP contribution in [0.5, 0.6) is 0 Å². The SMILES string of the molecule is CCCc1nc(CCCc2ccccc2)cn1C(C)C. The molecular formula is C18H26N2. The minimum Gasteiger partial charge on any atom is -0.332 e. The first-order valence-corrected chi connectivity index (χ1v) is 7.81. The zero-order valence-electron chi connectivity index (χ0n) is 13.0. The van der Waals surface area contributed by atoms with Crippen LogP contribution in [0.3, 0.4) is 0 Å². The van der Waals surface area contributed by atoms with E-state index in [1.54, 1.807) is 0 Å². The maximum Gasteiger partial charge on any atom is 0.109 e. The van der Waals surface area contributed by atoms with E-state index in [0.29, 0.717) is 6.04 Å². The van der Waals surface area contributed by atoms with Crippen molar-refractivity contribution >= 4 is 0 Å². The van der Waals surface area contributed by atoms with Gasteiger partial charge in [0.2, 0.25) is 0 Å². The van der Waals surface area contributed by atoms with E-state index in [0.717, 1.165) is 25.7 Å². The van der Waals surface area contributed by atoms with E-state index in [2.05, 4.69) is 61.9 Å². The maximum atomic E-state index is 4.82. The summed E-state index contributed by atoms with van der Waals surface area (Å²) >= 11 is 0. The van der Waals surface area contributed by atoms with Crippen LogP contribution in [0.2, 0.25) is 0 Å². The zero-order valence-corrected chi connectivity index (χ0v) is 13.0. The lowest BCUT2D eigenvalue weighted by Gasteiger charge is -2.09. The van der Waals surface area contributed by atoms with Gasteiger partial charge in [0.1, 0.15) is 5.82 Å². The molecule has 0 bridgehead atoms. The summed E-state index contributed by atoms with van der Waals surface area (Å²) in [6.45, 7) is 6.68. The zero-order chi connectivity index (χ0) is 14.4. The molecule has 2 aromatic rings. The number of rotatable bonds is 7. The van der Waals surface area contributed by atoms with Crippen LogP contribution >= 0.6 is 0 Å². The molecule has 0 aliphatic rings. The lowest BCUT2D eigenvalue weighted by molar-refractivity contribution is 0.564. The Morgan fingerprint density at radius 2 is 1.80 bits per heavy atom. The van der Waals surface area contributed by atoms with E-state index in [4.69, 9.17) is 4.98 Å². The molecule has 1 heterocycles. The Balaban J connectivity index is 1.94. The highest BCUT2D eigenvalue weighted by Gasteiger charge is 2.09. The van der Waals surface area contributed by atoms with Crippen LogP contribution in [0, 0.1) is 0 Å². The molecule has 1 aromatic carbocycles. The minimum absolute atomic E-state index is 0.506. The van der Waals surface area contributed by atoms with Crippen molar-refractivity contribution in [1.29, 1.82) is 0 Å². The average Bonchev–Trinajstić information content (AvgIpc) is 2.84. The van der Waals surface area contributed by atoms with Crippen molar-refractivity contribution in [3.63, 3.8) is 0 Å². The van der Waals surface area contributed by atoms with Gasteiger partial charge in [0.05, 0.1) is 5.69 Å². The summed E-state index contributed by atoms with van der Waals surface area (Å²) in [6.07, 6.45) is 7.87. The molecule has 108 valence electrons. The summed E-state index contributed by atoms with van der Waals surface area (Å²) in [4.78, 5) is 4.82. The summed E-state index contributed by atoms with van der Waals surface area (Å²) in [5, 5.41) is 0. The van der Waals surface area contributed by atoms with E-state index in [1.165, 1.54) is 23.5 Å². The number of hydrogen-bond acceptors (Lipinski definition) is 1. The second-order valence-electron chi connectivity index (χ2n) is 5.74. The van der Waals surface area contributed by atoms with Crippen molar-refractivity contribution in [2.24, 2.45) is 0 Å². The second kappa shape index (κ2) is 7.28. The van der Waals surface area contributed by atoms with E-state index in [1.807, 2.05) is 0 Å². The molecule has 2 rings (SSSR count). The first kappa shape index (κ1) is 14.8. The van der Waals surface area contributed by atoms with Gasteiger partial charge in [-0.3, -0.25) is 0 Å².